The summed E-state index contributed by atoms with van der Waals surface area (Å²) in [5.74, 6) is -1.47. The number of carbonyl (C=O) groups excluding carboxylic acids is 1. The Labute approximate surface area is 131 Å². The molecule has 0 aliphatic heterocycles. The van der Waals surface area contributed by atoms with Gasteiger partial charge in [-0.05, 0) is 18.2 Å². The van der Waals surface area contributed by atoms with E-state index >= 15 is 0 Å². The van der Waals surface area contributed by atoms with Crippen molar-refractivity contribution in [2.75, 3.05) is 18.5 Å². The number of amides is 2. The molecule has 0 spiro atoms. The maximum Gasteiger partial charge on any atom is 0.319 e. The van der Waals surface area contributed by atoms with Crippen LogP contribution in [-0.2, 0) is 6.54 Å². The molecule has 0 atom stereocenters. The van der Waals surface area contributed by atoms with Gasteiger partial charge < -0.3 is 20.5 Å². The zero-order chi connectivity index (χ0) is 16.7. The third-order valence-corrected chi connectivity index (χ3v) is 2.94. The topological polar surface area (TPSA) is 70.6 Å². The smallest absolute Gasteiger partial charge is 0.319 e. The summed E-state index contributed by atoms with van der Waals surface area (Å²) in [6.07, 6.45) is 0. The molecule has 3 N–H and O–H groups in total. The second-order valence-corrected chi connectivity index (χ2v) is 4.62. The number of aliphatic hydroxyl groups excluding tert-OH is 1. The van der Waals surface area contributed by atoms with Gasteiger partial charge in [-0.2, -0.15) is 0 Å². The molecule has 0 saturated carbocycles. The van der Waals surface area contributed by atoms with E-state index in [2.05, 4.69) is 10.6 Å². The standard InChI is InChI=1S/C16H16F2N2O3/c17-13-6-5-12(9-14(13)18)20-16(22)19-10-11-3-1-2-4-15(11)23-8-7-21/h1-6,9,21H,7-8,10H2,(H2,19,20,22). The molecule has 2 amide bonds. The summed E-state index contributed by atoms with van der Waals surface area (Å²) < 4.78 is 31.2. The van der Waals surface area contributed by atoms with E-state index in [4.69, 9.17) is 9.84 Å². The van der Waals surface area contributed by atoms with Gasteiger partial charge in [0.2, 0.25) is 0 Å². The lowest BCUT2D eigenvalue weighted by Gasteiger charge is -2.12. The van der Waals surface area contributed by atoms with E-state index in [0.717, 1.165) is 17.7 Å². The second-order valence-electron chi connectivity index (χ2n) is 4.62. The predicted molar refractivity (Wildman–Crippen MR) is 81.2 cm³/mol. The van der Waals surface area contributed by atoms with Gasteiger partial charge in [0, 0.05) is 23.9 Å². The summed E-state index contributed by atoms with van der Waals surface area (Å²) in [4.78, 5) is 11.8. The molecule has 0 aliphatic rings. The van der Waals surface area contributed by atoms with E-state index in [1.54, 1.807) is 24.3 Å². The number of ether oxygens (including phenoxy) is 1. The van der Waals surface area contributed by atoms with Crippen LogP contribution < -0.4 is 15.4 Å². The summed E-state index contributed by atoms with van der Waals surface area (Å²) >= 11 is 0. The first-order valence-corrected chi connectivity index (χ1v) is 6.91. The van der Waals surface area contributed by atoms with Crippen LogP contribution in [0.25, 0.3) is 0 Å². The molecule has 7 heteroatoms. The van der Waals surface area contributed by atoms with Crippen LogP contribution in [0.15, 0.2) is 42.5 Å². The number of hydrogen-bond acceptors (Lipinski definition) is 3. The van der Waals surface area contributed by atoms with Crippen LogP contribution in [0.1, 0.15) is 5.56 Å². The molecule has 2 aromatic rings. The first-order valence-electron chi connectivity index (χ1n) is 6.91. The minimum atomic E-state index is -1.04. The number of halogens is 2. The molecule has 2 aromatic carbocycles. The number of rotatable bonds is 6. The maximum absolute atomic E-state index is 13.1. The van der Waals surface area contributed by atoms with Crippen LogP contribution in [0.4, 0.5) is 19.3 Å². The summed E-state index contributed by atoms with van der Waals surface area (Å²) in [5.41, 5.74) is 0.868. The van der Waals surface area contributed by atoms with Gasteiger partial charge in [-0.25, -0.2) is 13.6 Å². The monoisotopic (exact) mass is 322 g/mol. The van der Waals surface area contributed by atoms with E-state index in [-0.39, 0.29) is 25.4 Å². The number of urea groups is 1. The summed E-state index contributed by atoms with van der Waals surface area (Å²) in [6.45, 7) is 0.216. The average Bonchev–Trinajstić information content (AvgIpc) is 2.55. The van der Waals surface area contributed by atoms with Gasteiger partial charge in [0.15, 0.2) is 11.6 Å². The van der Waals surface area contributed by atoms with Gasteiger partial charge >= 0.3 is 6.03 Å². The molecule has 0 saturated heterocycles. The van der Waals surface area contributed by atoms with Crippen molar-refractivity contribution in [3.05, 3.63) is 59.7 Å². The highest BCUT2D eigenvalue weighted by molar-refractivity contribution is 5.89. The van der Waals surface area contributed by atoms with Crippen molar-refractivity contribution in [2.24, 2.45) is 0 Å². The Kier molecular flexibility index (Phi) is 5.87. The zero-order valence-corrected chi connectivity index (χ0v) is 12.2. The molecule has 23 heavy (non-hydrogen) atoms. The third-order valence-electron chi connectivity index (χ3n) is 2.94. The fraction of sp³-hybridized carbons (Fsp3) is 0.188. The minimum absolute atomic E-state index is 0.113. The molecule has 5 nitrogen and oxygen atoms in total. The van der Waals surface area contributed by atoms with Crippen molar-refractivity contribution in [3.63, 3.8) is 0 Å². The average molecular weight is 322 g/mol. The Morgan fingerprint density at radius 1 is 1.13 bits per heavy atom. The normalized spacial score (nSPS) is 10.2. The van der Waals surface area contributed by atoms with Crippen molar-refractivity contribution in [1.82, 2.24) is 5.32 Å². The van der Waals surface area contributed by atoms with Gasteiger partial charge in [-0.3, -0.25) is 0 Å². The Morgan fingerprint density at radius 3 is 2.65 bits per heavy atom. The summed E-state index contributed by atoms with van der Waals surface area (Å²) in [7, 11) is 0. The van der Waals surface area contributed by atoms with E-state index in [1.807, 2.05) is 0 Å². The lowest BCUT2D eigenvalue weighted by atomic mass is 10.2. The first kappa shape index (κ1) is 16.7. The lowest BCUT2D eigenvalue weighted by molar-refractivity contribution is 0.200. The number of carbonyl (C=O) groups is 1. The lowest BCUT2D eigenvalue weighted by Crippen LogP contribution is -2.28. The molecular formula is C16H16F2N2O3. The quantitative estimate of drug-likeness (QED) is 0.766. The number of aliphatic hydroxyl groups is 1. The van der Waals surface area contributed by atoms with E-state index < -0.39 is 17.7 Å². The van der Waals surface area contributed by atoms with Gasteiger partial charge in [-0.15, -0.1) is 0 Å². The molecule has 0 bridgehead atoms. The first-order chi connectivity index (χ1) is 11.1. The SMILES string of the molecule is O=C(NCc1ccccc1OCCO)Nc1ccc(F)c(F)c1. The van der Waals surface area contributed by atoms with Gasteiger partial charge in [0.05, 0.1) is 6.61 Å². The highest BCUT2D eigenvalue weighted by atomic mass is 19.2. The minimum Gasteiger partial charge on any atom is -0.491 e. The van der Waals surface area contributed by atoms with Crippen molar-refractivity contribution in [2.45, 2.75) is 6.54 Å². The Morgan fingerprint density at radius 2 is 1.91 bits per heavy atom. The zero-order valence-electron chi connectivity index (χ0n) is 12.2. The van der Waals surface area contributed by atoms with E-state index in [0.29, 0.717) is 5.75 Å². The Bertz CT molecular complexity index is 680. The summed E-state index contributed by atoms with van der Waals surface area (Å²) in [6, 6.07) is 9.58. The van der Waals surface area contributed by atoms with E-state index in [9.17, 15) is 13.6 Å². The number of nitrogens with one attached hydrogen (secondary N) is 2. The van der Waals surface area contributed by atoms with Gasteiger partial charge in [0.25, 0.3) is 0 Å². The summed E-state index contributed by atoms with van der Waals surface area (Å²) in [5, 5.41) is 13.8. The number of benzene rings is 2. The highest BCUT2D eigenvalue weighted by Crippen LogP contribution is 2.18. The molecule has 0 radical (unpaired) electrons. The van der Waals surface area contributed by atoms with Crippen molar-refractivity contribution in [1.29, 1.82) is 0 Å². The molecule has 0 aromatic heterocycles. The Hall–Kier alpha value is -2.67. The maximum atomic E-state index is 13.1. The van der Waals surface area contributed by atoms with Crippen molar-refractivity contribution in [3.8, 4) is 5.75 Å². The second kappa shape index (κ2) is 8.09. The molecule has 0 heterocycles. The fourth-order valence-corrected chi connectivity index (χ4v) is 1.87. The number of hydrogen-bond donors (Lipinski definition) is 3. The van der Waals surface area contributed by atoms with Crippen molar-refractivity contribution >= 4 is 11.7 Å². The van der Waals surface area contributed by atoms with Gasteiger partial charge in [-0.1, -0.05) is 18.2 Å². The molecule has 0 unspecified atom stereocenters. The number of anilines is 1. The third kappa shape index (κ3) is 4.93. The van der Waals surface area contributed by atoms with Crippen LogP contribution in [0.2, 0.25) is 0 Å². The molecule has 0 fully saturated rings. The Balaban J connectivity index is 1.92. The van der Waals surface area contributed by atoms with Crippen LogP contribution in [0.3, 0.4) is 0 Å². The molecule has 2 rings (SSSR count). The van der Waals surface area contributed by atoms with E-state index in [1.165, 1.54) is 6.07 Å². The van der Waals surface area contributed by atoms with Crippen LogP contribution >= 0.6 is 0 Å². The molecular weight excluding hydrogens is 306 g/mol. The van der Waals surface area contributed by atoms with Crippen LogP contribution in [-0.4, -0.2) is 24.4 Å². The molecule has 122 valence electrons. The highest BCUT2D eigenvalue weighted by Gasteiger charge is 2.08. The number of para-hydroxylation sites is 1. The fourth-order valence-electron chi connectivity index (χ4n) is 1.87. The van der Waals surface area contributed by atoms with Crippen LogP contribution in [0.5, 0.6) is 5.75 Å². The van der Waals surface area contributed by atoms with Gasteiger partial charge in [0.1, 0.15) is 12.4 Å². The van der Waals surface area contributed by atoms with Crippen molar-refractivity contribution < 1.29 is 23.4 Å². The van der Waals surface area contributed by atoms with Crippen LogP contribution in [0, 0.1) is 11.6 Å². The predicted octanol–water partition coefficient (Wildman–Crippen LogP) is 2.66. The molecule has 0 aliphatic carbocycles. The largest absolute Gasteiger partial charge is 0.491 e.